The molecule has 1 aromatic rings. The number of hydrogen-bond acceptors (Lipinski definition) is 3. The summed E-state index contributed by atoms with van der Waals surface area (Å²) in [5.41, 5.74) is -0.906. The van der Waals surface area contributed by atoms with Gasteiger partial charge >= 0.3 is 6.18 Å². The van der Waals surface area contributed by atoms with Gasteiger partial charge in [-0.25, -0.2) is 0 Å². The molecule has 1 atom stereocenters. The quantitative estimate of drug-likeness (QED) is 0.913. The largest absolute Gasteiger partial charge is 0.433 e. The molecular formula is C14H17F3N2O2. The molecule has 0 spiro atoms. The second-order valence-electron chi connectivity index (χ2n) is 5.11. The Kier molecular flexibility index (Phi) is 4.82. The van der Waals surface area contributed by atoms with Crippen molar-refractivity contribution in [1.29, 1.82) is 0 Å². The zero-order valence-electron chi connectivity index (χ0n) is 11.4. The zero-order chi connectivity index (χ0) is 15.5. The van der Waals surface area contributed by atoms with Crippen LogP contribution >= 0.6 is 0 Å². The van der Waals surface area contributed by atoms with Crippen LogP contribution in [0, 0.1) is 0 Å². The van der Waals surface area contributed by atoms with Gasteiger partial charge in [-0.05, 0) is 25.0 Å². The molecule has 4 nitrogen and oxygen atoms in total. The monoisotopic (exact) mass is 302 g/mol. The van der Waals surface area contributed by atoms with E-state index in [-0.39, 0.29) is 24.1 Å². The summed E-state index contributed by atoms with van der Waals surface area (Å²) in [7, 11) is 0. The lowest BCUT2D eigenvalue weighted by atomic mass is 10.1. The van der Waals surface area contributed by atoms with Crippen molar-refractivity contribution in [2.45, 2.75) is 37.9 Å². The number of halogens is 3. The van der Waals surface area contributed by atoms with Crippen LogP contribution in [-0.2, 0) is 6.18 Å². The first-order chi connectivity index (χ1) is 9.93. The van der Waals surface area contributed by atoms with Crippen LogP contribution in [0.15, 0.2) is 18.3 Å². The molecule has 0 radical (unpaired) electrons. The average molecular weight is 302 g/mol. The third-order valence-corrected chi connectivity index (χ3v) is 3.65. The summed E-state index contributed by atoms with van der Waals surface area (Å²) in [6, 6.07) is 1.67. The minimum atomic E-state index is -4.52. The van der Waals surface area contributed by atoms with Crippen molar-refractivity contribution >= 4 is 5.91 Å². The fourth-order valence-corrected chi connectivity index (χ4v) is 2.49. The smallest absolute Gasteiger partial charge is 0.394 e. The normalized spacial score (nSPS) is 20.2. The predicted octanol–water partition coefficient (Wildman–Crippen LogP) is 2.48. The van der Waals surface area contributed by atoms with E-state index in [0.717, 1.165) is 37.6 Å². The summed E-state index contributed by atoms with van der Waals surface area (Å²) in [5, 5.41) is 9.37. The lowest BCUT2D eigenvalue weighted by Gasteiger charge is -2.28. The maximum absolute atomic E-state index is 12.5. The highest BCUT2D eigenvalue weighted by Gasteiger charge is 2.33. The predicted molar refractivity (Wildman–Crippen MR) is 69.6 cm³/mol. The topological polar surface area (TPSA) is 53.4 Å². The Balaban J connectivity index is 2.18. The van der Waals surface area contributed by atoms with Crippen LogP contribution in [0.25, 0.3) is 0 Å². The van der Waals surface area contributed by atoms with Crippen LogP contribution < -0.4 is 0 Å². The molecule has 1 aliphatic rings. The zero-order valence-corrected chi connectivity index (χ0v) is 11.4. The maximum atomic E-state index is 12.5. The Bertz CT molecular complexity index is 488. The number of nitrogens with zero attached hydrogens (tertiary/aromatic N) is 2. The molecule has 0 bridgehead atoms. The van der Waals surface area contributed by atoms with Crippen LogP contribution in [0.5, 0.6) is 0 Å². The Morgan fingerprint density at radius 3 is 2.67 bits per heavy atom. The van der Waals surface area contributed by atoms with Gasteiger partial charge in [-0.15, -0.1) is 0 Å². The summed E-state index contributed by atoms with van der Waals surface area (Å²) in [5.74, 6) is -0.378. The molecule has 1 unspecified atom stereocenters. The number of hydrogen-bond donors (Lipinski definition) is 1. The highest BCUT2D eigenvalue weighted by atomic mass is 19.4. The van der Waals surface area contributed by atoms with E-state index in [1.54, 1.807) is 0 Å². The average Bonchev–Trinajstić information content (AvgIpc) is 2.70. The van der Waals surface area contributed by atoms with Gasteiger partial charge in [-0.1, -0.05) is 12.8 Å². The van der Waals surface area contributed by atoms with Crippen molar-refractivity contribution in [3.63, 3.8) is 0 Å². The Morgan fingerprint density at radius 2 is 2.10 bits per heavy atom. The molecule has 1 aliphatic heterocycles. The van der Waals surface area contributed by atoms with E-state index in [9.17, 15) is 23.1 Å². The van der Waals surface area contributed by atoms with Gasteiger partial charge in [-0.3, -0.25) is 9.78 Å². The number of carbonyl (C=O) groups excluding carboxylic acids is 1. The number of alkyl halides is 3. The van der Waals surface area contributed by atoms with Crippen LogP contribution in [0.1, 0.15) is 41.7 Å². The second-order valence-corrected chi connectivity index (χ2v) is 5.11. The van der Waals surface area contributed by atoms with Gasteiger partial charge < -0.3 is 10.0 Å². The summed E-state index contributed by atoms with van der Waals surface area (Å²) in [4.78, 5) is 17.2. The molecule has 7 heteroatoms. The minimum absolute atomic E-state index is 0.114. The molecule has 1 amide bonds. The highest BCUT2D eigenvalue weighted by molar-refractivity contribution is 5.94. The first-order valence-electron chi connectivity index (χ1n) is 6.88. The number of carbonyl (C=O) groups is 1. The second kappa shape index (κ2) is 6.43. The van der Waals surface area contributed by atoms with Crippen molar-refractivity contribution in [3.8, 4) is 0 Å². The van der Waals surface area contributed by atoms with Crippen molar-refractivity contribution < 1.29 is 23.1 Å². The summed E-state index contributed by atoms with van der Waals surface area (Å²) >= 11 is 0. The molecule has 0 aromatic carbocycles. The molecule has 1 fully saturated rings. The van der Waals surface area contributed by atoms with E-state index in [0.29, 0.717) is 13.0 Å². The fraction of sp³-hybridized carbons (Fsp3) is 0.571. The van der Waals surface area contributed by atoms with Crippen LogP contribution in [0.2, 0.25) is 0 Å². The van der Waals surface area contributed by atoms with Gasteiger partial charge in [0, 0.05) is 12.7 Å². The van der Waals surface area contributed by atoms with Crippen molar-refractivity contribution in [1.82, 2.24) is 9.88 Å². The molecule has 2 rings (SSSR count). The Morgan fingerprint density at radius 1 is 1.33 bits per heavy atom. The van der Waals surface area contributed by atoms with Crippen molar-refractivity contribution in [2.24, 2.45) is 0 Å². The molecular weight excluding hydrogens is 285 g/mol. The first-order valence-corrected chi connectivity index (χ1v) is 6.88. The number of amides is 1. The highest BCUT2D eigenvalue weighted by Crippen LogP contribution is 2.27. The maximum Gasteiger partial charge on any atom is 0.433 e. The van der Waals surface area contributed by atoms with Crippen LogP contribution in [-0.4, -0.2) is 40.1 Å². The fourth-order valence-electron chi connectivity index (χ4n) is 2.49. The lowest BCUT2D eigenvalue weighted by Crippen LogP contribution is -2.42. The Labute approximate surface area is 120 Å². The number of likely N-dealkylation sites (tertiary alicyclic amines) is 1. The number of aliphatic hydroxyl groups is 1. The van der Waals surface area contributed by atoms with Gasteiger partial charge in [-0.2, -0.15) is 13.2 Å². The van der Waals surface area contributed by atoms with E-state index in [2.05, 4.69) is 4.98 Å². The standard InChI is InChI=1S/C14H17F3N2O2/c15-14(16,17)12-6-5-10(8-18-12)13(21)19-7-3-1-2-4-11(19)9-20/h5-6,8,11,20H,1-4,7,9H2. The molecule has 2 heterocycles. The molecule has 1 N–H and O–H groups in total. The third-order valence-electron chi connectivity index (χ3n) is 3.65. The van der Waals surface area contributed by atoms with E-state index < -0.39 is 11.9 Å². The summed E-state index contributed by atoms with van der Waals surface area (Å²) in [6.07, 6.45) is -0.124. The van der Waals surface area contributed by atoms with Gasteiger partial charge in [0.2, 0.25) is 0 Å². The van der Waals surface area contributed by atoms with Crippen molar-refractivity contribution in [3.05, 3.63) is 29.6 Å². The summed E-state index contributed by atoms with van der Waals surface area (Å²) in [6.45, 7) is 0.366. The number of aliphatic hydroxyl groups excluding tert-OH is 1. The molecule has 0 aliphatic carbocycles. The molecule has 116 valence electrons. The van der Waals surface area contributed by atoms with Gasteiger partial charge in [0.05, 0.1) is 18.2 Å². The van der Waals surface area contributed by atoms with Crippen LogP contribution in [0.4, 0.5) is 13.2 Å². The van der Waals surface area contributed by atoms with Gasteiger partial charge in [0.1, 0.15) is 5.69 Å². The number of pyridine rings is 1. The minimum Gasteiger partial charge on any atom is -0.394 e. The van der Waals surface area contributed by atoms with Gasteiger partial charge in [0.15, 0.2) is 0 Å². The number of aromatic nitrogens is 1. The molecule has 21 heavy (non-hydrogen) atoms. The van der Waals surface area contributed by atoms with Crippen molar-refractivity contribution in [2.75, 3.05) is 13.2 Å². The Hall–Kier alpha value is -1.63. The first kappa shape index (κ1) is 15.8. The van der Waals surface area contributed by atoms with Crippen LogP contribution in [0.3, 0.4) is 0 Å². The van der Waals surface area contributed by atoms with E-state index in [4.69, 9.17) is 0 Å². The number of rotatable bonds is 2. The third kappa shape index (κ3) is 3.72. The van der Waals surface area contributed by atoms with Gasteiger partial charge in [0.25, 0.3) is 5.91 Å². The SMILES string of the molecule is O=C(c1ccc(C(F)(F)F)nc1)N1CCCCCC1CO. The molecule has 0 saturated carbocycles. The van der Waals surface area contributed by atoms with E-state index >= 15 is 0 Å². The lowest BCUT2D eigenvalue weighted by molar-refractivity contribution is -0.141. The van der Waals surface area contributed by atoms with E-state index in [1.807, 2.05) is 0 Å². The summed E-state index contributed by atoms with van der Waals surface area (Å²) < 4.78 is 37.4. The van der Waals surface area contributed by atoms with E-state index in [1.165, 1.54) is 4.90 Å². The molecule has 1 aromatic heterocycles. The molecule has 1 saturated heterocycles.